The van der Waals surface area contributed by atoms with Gasteiger partial charge in [-0.15, -0.1) is 0 Å². The molecule has 10 aromatic carbocycles. The van der Waals surface area contributed by atoms with Crippen LogP contribution in [0.3, 0.4) is 0 Å². The molecule has 0 radical (unpaired) electrons. The Morgan fingerprint density at radius 1 is 0.317 bits per heavy atom. The van der Waals surface area contributed by atoms with Gasteiger partial charge in [0.15, 0.2) is 0 Å². The second-order valence-corrected chi connectivity index (χ2v) is 16.5. The highest BCUT2D eigenvalue weighted by atomic mass is 15.1. The van der Waals surface area contributed by atoms with Crippen LogP contribution in [0.5, 0.6) is 0 Å². The van der Waals surface area contributed by atoms with E-state index in [1.807, 2.05) is 0 Å². The van der Waals surface area contributed by atoms with Crippen molar-refractivity contribution in [2.24, 2.45) is 0 Å². The third-order valence-corrected chi connectivity index (χ3v) is 12.6. The summed E-state index contributed by atoms with van der Waals surface area (Å²) in [5.41, 5.74) is 18.4. The molecule has 0 saturated carbocycles. The first-order chi connectivity index (χ1) is 29.5. The summed E-state index contributed by atoms with van der Waals surface area (Å²) in [5.74, 6) is 0. The molecule has 0 aliphatic heterocycles. The quantitative estimate of drug-likeness (QED) is 0.156. The van der Waals surface area contributed by atoms with Gasteiger partial charge in [-0.05, 0) is 125 Å². The van der Waals surface area contributed by atoms with Crippen molar-refractivity contribution in [1.82, 2.24) is 0 Å². The molecule has 0 heterocycles. The zero-order valence-corrected chi connectivity index (χ0v) is 33.8. The molecule has 0 spiro atoms. The van der Waals surface area contributed by atoms with Crippen LogP contribution in [-0.4, -0.2) is 0 Å². The number of nitrogens with zero attached hydrogens (tertiary/aromatic N) is 1. The summed E-state index contributed by atoms with van der Waals surface area (Å²) < 4.78 is 0. The Morgan fingerprint density at radius 3 is 1.42 bits per heavy atom. The normalized spacial score (nSPS) is 12.6. The van der Waals surface area contributed by atoms with Crippen molar-refractivity contribution in [2.45, 2.75) is 19.3 Å². The second kappa shape index (κ2) is 14.4. The van der Waals surface area contributed by atoms with Crippen molar-refractivity contribution >= 4 is 38.6 Å². The number of benzene rings is 10. The van der Waals surface area contributed by atoms with Crippen LogP contribution in [0, 0.1) is 0 Å². The van der Waals surface area contributed by atoms with E-state index in [1.165, 1.54) is 88.3 Å². The highest BCUT2D eigenvalue weighted by Gasteiger charge is 2.39. The minimum absolute atomic E-state index is 0.164. The van der Waals surface area contributed by atoms with Crippen molar-refractivity contribution in [3.05, 3.63) is 236 Å². The first kappa shape index (κ1) is 35.7. The molecule has 11 rings (SSSR count). The Labute approximate surface area is 352 Å². The molecule has 0 amide bonds. The lowest BCUT2D eigenvalue weighted by Gasteiger charge is -2.27. The third kappa shape index (κ3) is 5.93. The Hall–Kier alpha value is -7.48. The van der Waals surface area contributed by atoms with Crippen LogP contribution in [0.15, 0.2) is 224 Å². The molecule has 1 nitrogen and oxygen atoms in total. The van der Waals surface area contributed by atoms with E-state index in [0.717, 1.165) is 17.1 Å². The van der Waals surface area contributed by atoms with Crippen molar-refractivity contribution < 1.29 is 0 Å². The van der Waals surface area contributed by atoms with Gasteiger partial charge in [0.1, 0.15) is 0 Å². The van der Waals surface area contributed by atoms with Crippen LogP contribution in [0.1, 0.15) is 25.0 Å². The molecule has 1 heteroatoms. The molecule has 0 bridgehead atoms. The van der Waals surface area contributed by atoms with Gasteiger partial charge < -0.3 is 4.90 Å². The lowest BCUT2D eigenvalue weighted by molar-refractivity contribution is 0.666. The van der Waals surface area contributed by atoms with Gasteiger partial charge in [0.2, 0.25) is 0 Å². The second-order valence-electron chi connectivity index (χ2n) is 16.5. The fraction of sp³-hybridized carbons (Fsp3) is 0.0508. The maximum atomic E-state index is 2.40. The number of anilines is 3. The zero-order valence-electron chi connectivity index (χ0n) is 33.8. The van der Waals surface area contributed by atoms with E-state index in [1.54, 1.807) is 0 Å². The van der Waals surface area contributed by atoms with E-state index in [4.69, 9.17) is 0 Å². The monoisotopic (exact) mass is 765 g/mol. The predicted molar refractivity (Wildman–Crippen MR) is 255 cm³/mol. The van der Waals surface area contributed by atoms with Crippen LogP contribution in [0.25, 0.3) is 77.2 Å². The molecule has 0 unspecified atom stereocenters. The van der Waals surface area contributed by atoms with Gasteiger partial charge in [-0.1, -0.05) is 202 Å². The summed E-state index contributed by atoms with van der Waals surface area (Å²) in [6, 6.07) is 82.3. The van der Waals surface area contributed by atoms with Gasteiger partial charge in [0.05, 0.1) is 0 Å². The molecule has 1 aliphatic rings. The van der Waals surface area contributed by atoms with Crippen LogP contribution < -0.4 is 4.90 Å². The Morgan fingerprint density at radius 2 is 0.767 bits per heavy atom. The van der Waals surface area contributed by atoms with Gasteiger partial charge in [0.25, 0.3) is 0 Å². The van der Waals surface area contributed by atoms with E-state index in [2.05, 4.69) is 243 Å². The Bertz CT molecular complexity index is 3180. The molecule has 0 saturated heterocycles. The van der Waals surface area contributed by atoms with Gasteiger partial charge in [-0.2, -0.15) is 0 Å². The summed E-state index contributed by atoms with van der Waals surface area (Å²) in [6.07, 6.45) is 0. The number of fused-ring (bicyclic) bond motifs is 6. The molecule has 0 fully saturated rings. The smallest absolute Gasteiger partial charge is 0.0468 e. The van der Waals surface area contributed by atoms with E-state index in [-0.39, 0.29) is 5.41 Å². The molecule has 0 N–H and O–H groups in total. The zero-order chi connectivity index (χ0) is 40.2. The van der Waals surface area contributed by atoms with E-state index >= 15 is 0 Å². The van der Waals surface area contributed by atoms with E-state index in [9.17, 15) is 0 Å². The van der Waals surface area contributed by atoms with Crippen LogP contribution in [-0.2, 0) is 5.41 Å². The minimum atomic E-state index is -0.164. The Balaban J connectivity index is 1.11. The highest BCUT2D eigenvalue weighted by Crippen LogP contribution is 2.58. The number of hydrogen-bond acceptors (Lipinski definition) is 1. The van der Waals surface area contributed by atoms with Crippen molar-refractivity contribution in [1.29, 1.82) is 0 Å². The fourth-order valence-electron chi connectivity index (χ4n) is 9.76. The summed E-state index contributed by atoms with van der Waals surface area (Å²) in [4.78, 5) is 2.38. The topological polar surface area (TPSA) is 3.24 Å². The van der Waals surface area contributed by atoms with E-state index in [0.29, 0.717) is 0 Å². The molecular weight excluding hydrogens is 723 g/mol. The third-order valence-electron chi connectivity index (χ3n) is 12.6. The highest BCUT2D eigenvalue weighted by molar-refractivity contribution is 6.14. The maximum Gasteiger partial charge on any atom is 0.0468 e. The van der Waals surface area contributed by atoms with Crippen LogP contribution in [0.2, 0.25) is 0 Å². The molecular formula is C59H43N. The molecule has 0 atom stereocenters. The number of hydrogen-bond donors (Lipinski definition) is 0. The lowest BCUT2D eigenvalue weighted by atomic mass is 9.77. The first-order valence-corrected chi connectivity index (χ1v) is 20.9. The summed E-state index contributed by atoms with van der Waals surface area (Å²) in [5, 5.41) is 5.03. The average molecular weight is 766 g/mol. The largest absolute Gasteiger partial charge is 0.310 e. The SMILES string of the molecule is CC1(C)c2ccccc2-c2c(-c3ccc(-c4ccccc4)cc3)c(-c3ccc(N(c4ccc(-c5ccccc5)cc4)c4ccc5ccccc5c4)cc3)c3ccccc3c21. The van der Waals surface area contributed by atoms with Crippen molar-refractivity contribution in [3.8, 4) is 55.6 Å². The first-order valence-electron chi connectivity index (χ1n) is 20.9. The van der Waals surface area contributed by atoms with Gasteiger partial charge >= 0.3 is 0 Å². The Kier molecular flexibility index (Phi) is 8.57. The minimum Gasteiger partial charge on any atom is -0.310 e. The number of rotatable bonds is 7. The summed E-state index contributed by atoms with van der Waals surface area (Å²) in [7, 11) is 0. The van der Waals surface area contributed by atoms with Gasteiger partial charge in [-0.25, -0.2) is 0 Å². The van der Waals surface area contributed by atoms with Crippen LogP contribution >= 0.6 is 0 Å². The maximum absolute atomic E-state index is 2.40. The standard InChI is InChI=1S/C59H43N/c1-59(2)54-24-14-13-23-53(54)57-56(46-27-25-43(26-28-46)40-15-5-3-6-16-40)55(51-21-11-12-22-52(51)58(57)59)45-32-36-49(37-33-45)60(50-38-31-42-19-9-10-20-47(42)39-50)48-34-29-44(30-35-48)41-17-7-4-8-18-41/h3-39H,1-2H3. The lowest BCUT2D eigenvalue weighted by Crippen LogP contribution is -2.15. The van der Waals surface area contributed by atoms with Crippen molar-refractivity contribution in [2.75, 3.05) is 4.90 Å². The van der Waals surface area contributed by atoms with Crippen LogP contribution in [0.4, 0.5) is 17.1 Å². The van der Waals surface area contributed by atoms with Crippen molar-refractivity contribution in [3.63, 3.8) is 0 Å². The summed E-state index contributed by atoms with van der Waals surface area (Å²) in [6.45, 7) is 4.79. The molecule has 284 valence electrons. The van der Waals surface area contributed by atoms with E-state index < -0.39 is 0 Å². The average Bonchev–Trinajstić information content (AvgIpc) is 3.56. The molecule has 10 aromatic rings. The molecule has 0 aromatic heterocycles. The molecule has 60 heavy (non-hydrogen) atoms. The summed E-state index contributed by atoms with van der Waals surface area (Å²) >= 11 is 0. The van der Waals surface area contributed by atoms with Gasteiger partial charge in [-0.3, -0.25) is 0 Å². The molecule has 1 aliphatic carbocycles. The van der Waals surface area contributed by atoms with Gasteiger partial charge in [0, 0.05) is 22.5 Å². The predicted octanol–water partition coefficient (Wildman–Crippen LogP) is 16.4. The fourth-order valence-corrected chi connectivity index (χ4v) is 9.76.